The molecule has 30 heavy (non-hydrogen) atoms. The third kappa shape index (κ3) is 6.02. The molecule has 1 saturated carbocycles. The molecule has 0 radical (unpaired) electrons. The van der Waals surface area contributed by atoms with Crippen molar-refractivity contribution < 1.29 is 28.5 Å². The molecule has 3 atom stereocenters. The number of alkyl halides is 1. The van der Waals surface area contributed by atoms with Gasteiger partial charge in [0.15, 0.2) is 0 Å². The zero-order valence-corrected chi connectivity index (χ0v) is 17.7. The van der Waals surface area contributed by atoms with Crippen LogP contribution in [0.2, 0.25) is 0 Å². The number of anilines is 1. The normalized spacial score (nSPS) is 21.8. The minimum absolute atomic E-state index is 0.170. The maximum atomic E-state index is 12.6. The SMILES string of the molecule is COC1CN(c2ccc(C(=O)NC(C)COCCCF)nc2OC[C@@H]2C[C@@H]2CO)C1. The van der Waals surface area contributed by atoms with Crippen LogP contribution in [0, 0.1) is 11.8 Å². The van der Waals surface area contributed by atoms with E-state index in [1.54, 1.807) is 13.2 Å². The van der Waals surface area contributed by atoms with Gasteiger partial charge in [-0.25, -0.2) is 4.98 Å². The number of carbonyl (C=O) groups excluding carboxylic acids is 1. The summed E-state index contributed by atoms with van der Waals surface area (Å²) in [6, 6.07) is 3.31. The van der Waals surface area contributed by atoms with Crippen LogP contribution in [0.15, 0.2) is 12.1 Å². The molecule has 2 N–H and O–H groups in total. The Bertz CT molecular complexity index is 701. The van der Waals surface area contributed by atoms with Gasteiger partial charge < -0.3 is 29.5 Å². The minimum Gasteiger partial charge on any atom is -0.476 e. The van der Waals surface area contributed by atoms with E-state index in [9.17, 15) is 14.3 Å². The summed E-state index contributed by atoms with van der Waals surface area (Å²) < 4.78 is 28.8. The number of ether oxygens (including phenoxy) is 3. The summed E-state index contributed by atoms with van der Waals surface area (Å²) in [6.45, 7) is 4.18. The summed E-state index contributed by atoms with van der Waals surface area (Å²) in [7, 11) is 1.69. The minimum atomic E-state index is -0.415. The monoisotopic (exact) mass is 425 g/mol. The number of hydrogen-bond donors (Lipinski definition) is 2. The molecule has 2 aliphatic rings. The molecule has 0 aromatic carbocycles. The highest BCUT2D eigenvalue weighted by Gasteiger charge is 2.37. The van der Waals surface area contributed by atoms with E-state index in [2.05, 4.69) is 15.2 Å². The first-order valence-electron chi connectivity index (χ1n) is 10.5. The fourth-order valence-corrected chi connectivity index (χ4v) is 3.37. The summed E-state index contributed by atoms with van der Waals surface area (Å²) in [5, 5.41) is 12.1. The Morgan fingerprint density at radius 3 is 2.87 bits per heavy atom. The summed E-state index contributed by atoms with van der Waals surface area (Å²) in [4.78, 5) is 19.2. The number of aliphatic hydroxyl groups is 1. The molecule has 1 aliphatic heterocycles. The lowest BCUT2D eigenvalue weighted by molar-refractivity contribution is 0.0781. The molecule has 8 nitrogen and oxygen atoms in total. The van der Waals surface area contributed by atoms with Crippen molar-refractivity contribution in [1.82, 2.24) is 10.3 Å². The molecular formula is C21H32FN3O5. The highest BCUT2D eigenvalue weighted by atomic mass is 19.1. The van der Waals surface area contributed by atoms with Crippen LogP contribution >= 0.6 is 0 Å². The van der Waals surface area contributed by atoms with Crippen LogP contribution in [0.1, 0.15) is 30.3 Å². The average Bonchev–Trinajstić information content (AvgIpc) is 3.48. The number of nitrogens with zero attached hydrogens (tertiary/aromatic N) is 2. The van der Waals surface area contributed by atoms with Gasteiger partial charge in [-0.05, 0) is 43.7 Å². The van der Waals surface area contributed by atoms with Crippen LogP contribution in [0.5, 0.6) is 5.88 Å². The van der Waals surface area contributed by atoms with E-state index in [1.165, 1.54) is 0 Å². The third-order valence-corrected chi connectivity index (χ3v) is 5.50. The fourth-order valence-electron chi connectivity index (χ4n) is 3.37. The van der Waals surface area contributed by atoms with Crippen molar-refractivity contribution in [3.8, 4) is 5.88 Å². The van der Waals surface area contributed by atoms with Crippen LogP contribution in [0.4, 0.5) is 10.1 Å². The number of methoxy groups -OCH3 is 1. The molecule has 0 bridgehead atoms. The number of rotatable bonds is 13. The largest absolute Gasteiger partial charge is 0.476 e. The lowest BCUT2D eigenvalue weighted by Crippen LogP contribution is -2.52. The Hall–Kier alpha value is -1.97. The van der Waals surface area contributed by atoms with E-state index in [0.717, 1.165) is 25.2 Å². The Kier molecular flexibility index (Phi) is 8.24. The molecule has 3 rings (SSSR count). The first kappa shape index (κ1) is 22.7. The Balaban J connectivity index is 1.61. The Morgan fingerprint density at radius 2 is 2.20 bits per heavy atom. The van der Waals surface area contributed by atoms with Gasteiger partial charge in [-0.3, -0.25) is 9.18 Å². The molecule has 9 heteroatoms. The molecular weight excluding hydrogens is 393 g/mol. The van der Waals surface area contributed by atoms with Crippen molar-refractivity contribution in [3.63, 3.8) is 0 Å². The van der Waals surface area contributed by atoms with Gasteiger partial charge in [-0.2, -0.15) is 0 Å². The van der Waals surface area contributed by atoms with Gasteiger partial charge in [-0.1, -0.05) is 0 Å². The molecule has 2 heterocycles. The van der Waals surface area contributed by atoms with Crippen molar-refractivity contribution in [2.75, 3.05) is 58.2 Å². The van der Waals surface area contributed by atoms with E-state index in [1.807, 2.05) is 13.0 Å². The quantitative estimate of drug-likeness (QED) is 0.462. The number of pyridine rings is 1. The lowest BCUT2D eigenvalue weighted by atomic mass is 10.1. The number of aromatic nitrogens is 1. The van der Waals surface area contributed by atoms with E-state index in [4.69, 9.17) is 14.2 Å². The van der Waals surface area contributed by atoms with Gasteiger partial charge in [0.1, 0.15) is 11.4 Å². The number of hydrogen-bond acceptors (Lipinski definition) is 7. The number of nitrogens with one attached hydrogen (secondary N) is 1. The smallest absolute Gasteiger partial charge is 0.270 e. The summed E-state index contributed by atoms with van der Waals surface area (Å²) in [6.07, 6.45) is 1.48. The van der Waals surface area contributed by atoms with Crippen molar-refractivity contribution in [2.24, 2.45) is 11.8 Å². The topological polar surface area (TPSA) is 93.2 Å². The highest BCUT2D eigenvalue weighted by molar-refractivity contribution is 5.93. The van der Waals surface area contributed by atoms with Gasteiger partial charge in [0.2, 0.25) is 5.88 Å². The summed E-state index contributed by atoms with van der Waals surface area (Å²) in [5.41, 5.74) is 1.10. The second kappa shape index (κ2) is 10.9. The van der Waals surface area contributed by atoms with Crippen molar-refractivity contribution in [3.05, 3.63) is 17.8 Å². The second-order valence-corrected chi connectivity index (χ2v) is 8.02. The molecule has 2 fully saturated rings. The molecule has 1 saturated heterocycles. The van der Waals surface area contributed by atoms with Crippen LogP contribution in [0.3, 0.4) is 0 Å². The summed E-state index contributed by atoms with van der Waals surface area (Å²) >= 11 is 0. The number of carbonyl (C=O) groups is 1. The highest BCUT2D eigenvalue weighted by Crippen LogP contribution is 2.39. The van der Waals surface area contributed by atoms with Crippen LogP contribution in [0.25, 0.3) is 0 Å². The predicted octanol–water partition coefficient (Wildman–Crippen LogP) is 1.42. The number of amides is 1. The Morgan fingerprint density at radius 1 is 1.40 bits per heavy atom. The van der Waals surface area contributed by atoms with E-state index < -0.39 is 6.67 Å². The summed E-state index contributed by atoms with van der Waals surface area (Å²) in [5.74, 6) is 0.727. The first-order valence-corrected chi connectivity index (χ1v) is 10.5. The molecule has 1 aromatic rings. The van der Waals surface area contributed by atoms with E-state index in [0.29, 0.717) is 44.0 Å². The lowest BCUT2D eigenvalue weighted by Gasteiger charge is -2.40. The second-order valence-electron chi connectivity index (χ2n) is 8.02. The predicted molar refractivity (Wildman–Crippen MR) is 110 cm³/mol. The molecule has 1 amide bonds. The van der Waals surface area contributed by atoms with Gasteiger partial charge in [0.05, 0.1) is 26.0 Å². The van der Waals surface area contributed by atoms with Crippen molar-refractivity contribution >= 4 is 11.6 Å². The van der Waals surface area contributed by atoms with Crippen LogP contribution in [-0.2, 0) is 9.47 Å². The zero-order chi connectivity index (χ0) is 21.5. The maximum Gasteiger partial charge on any atom is 0.270 e. The van der Waals surface area contributed by atoms with E-state index >= 15 is 0 Å². The van der Waals surface area contributed by atoms with Gasteiger partial charge >= 0.3 is 0 Å². The number of aliphatic hydroxyl groups excluding tert-OH is 1. The van der Waals surface area contributed by atoms with Crippen LogP contribution in [-0.4, -0.2) is 81.4 Å². The fraction of sp³-hybridized carbons (Fsp3) is 0.714. The standard InChI is InChI=1S/C21H32FN3O5/c1-14(12-29-7-3-6-22)23-20(27)18-4-5-19(25-9-17(10-25)28-2)21(24-18)30-13-16-8-15(16)11-26/h4-5,14-17,26H,3,6-13H2,1-2H3,(H,23,27)/t14?,15-,16+/m1/s1. The molecule has 0 spiro atoms. The Labute approximate surface area is 176 Å². The van der Waals surface area contributed by atoms with E-state index in [-0.39, 0.29) is 30.4 Å². The van der Waals surface area contributed by atoms with Gasteiger partial charge in [0, 0.05) is 39.5 Å². The molecule has 1 aliphatic carbocycles. The molecule has 1 unspecified atom stereocenters. The first-order chi connectivity index (χ1) is 14.5. The van der Waals surface area contributed by atoms with Crippen molar-refractivity contribution in [1.29, 1.82) is 0 Å². The maximum absolute atomic E-state index is 12.6. The van der Waals surface area contributed by atoms with Gasteiger partial charge in [0.25, 0.3) is 5.91 Å². The third-order valence-electron chi connectivity index (χ3n) is 5.50. The number of halogens is 1. The van der Waals surface area contributed by atoms with Gasteiger partial charge in [-0.15, -0.1) is 0 Å². The zero-order valence-electron chi connectivity index (χ0n) is 17.7. The average molecular weight is 426 g/mol. The molecule has 1 aromatic heterocycles. The molecule has 168 valence electrons. The van der Waals surface area contributed by atoms with Crippen molar-refractivity contribution in [2.45, 2.75) is 31.9 Å². The van der Waals surface area contributed by atoms with Crippen LogP contribution < -0.4 is 15.0 Å².